The second-order valence-electron chi connectivity index (χ2n) is 3.03. The third kappa shape index (κ3) is 1.75. The normalized spacial score (nSPS) is 10.1. The zero-order valence-corrected chi connectivity index (χ0v) is 8.49. The lowest BCUT2D eigenvalue weighted by atomic mass is 10.1. The highest BCUT2D eigenvalue weighted by Gasteiger charge is 2.03. The first-order valence-corrected chi connectivity index (χ1v) is 4.69. The molecule has 0 amide bonds. The molecule has 2 aromatic rings. The predicted molar refractivity (Wildman–Crippen MR) is 57.2 cm³/mol. The molecular formula is C11H9ClN2. The van der Waals surface area contributed by atoms with Crippen LogP contribution in [-0.4, -0.2) is 9.97 Å². The van der Waals surface area contributed by atoms with Gasteiger partial charge < -0.3 is 0 Å². The van der Waals surface area contributed by atoms with Crippen LogP contribution in [0.5, 0.6) is 0 Å². The Hall–Kier alpha value is -1.41. The highest BCUT2D eigenvalue weighted by Crippen LogP contribution is 2.24. The van der Waals surface area contributed by atoms with Gasteiger partial charge in [-0.05, 0) is 13.0 Å². The van der Waals surface area contributed by atoms with E-state index in [4.69, 9.17) is 11.6 Å². The summed E-state index contributed by atoms with van der Waals surface area (Å²) in [5.41, 5.74) is 2.63. The van der Waals surface area contributed by atoms with E-state index in [2.05, 4.69) is 9.97 Å². The van der Waals surface area contributed by atoms with Gasteiger partial charge >= 0.3 is 0 Å². The molecule has 1 aromatic carbocycles. The van der Waals surface area contributed by atoms with E-state index in [1.54, 1.807) is 12.4 Å². The molecular weight excluding hydrogens is 196 g/mol. The molecule has 0 fully saturated rings. The lowest BCUT2D eigenvalue weighted by Gasteiger charge is -2.02. The summed E-state index contributed by atoms with van der Waals surface area (Å²) in [6, 6.07) is 7.62. The molecule has 0 aliphatic heterocycles. The highest BCUT2D eigenvalue weighted by atomic mass is 35.5. The summed E-state index contributed by atoms with van der Waals surface area (Å²) in [6.45, 7) is 1.91. The number of aryl methyl sites for hydroxylation is 1. The van der Waals surface area contributed by atoms with Crippen LogP contribution in [0.2, 0.25) is 5.02 Å². The Bertz CT molecular complexity index is 455. The highest BCUT2D eigenvalue weighted by molar-refractivity contribution is 6.33. The SMILES string of the molecule is Cc1cncc(-c2ccccc2Cl)n1. The number of nitrogens with zero attached hydrogens (tertiary/aromatic N) is 2. The number of benzene rings is 1. The summed E-state index contributed by atoms with van der Waals surface area (Å²) >= 11 is 6.04. The van der Waals surface area contributed by atoms with Gasteiger partial charge in [-0.2, -0.15) is 0 Å². The van der Waals surface area contributed by atoms with Gasteiger partial charge in [-0.15, -0.1) is 0 Å². The van der Waals surface area contributed by atoms with E-state index in [1.807, 2.05) is 31.2 Å². The standard InChI is InChI=1S/C11H9ClN2/c1-8-6-13-7-11(14-8)9-4-2-3-5-10(9)12/h2-7H,1H3. The van der Waals surface area contributed by atoms with Crippen molar-refractivity contribution in [2.45, 2.75) is 6.92 Å². The molecule has 2 rings (SSSR count). The second kappa shape index (κ2) is 3.76. The Balaban J connectivity index is 2.55. The van der Waals surface area contributed by atoms with Crippen LogP contribution in [0.4, 0.5) is 0 Å². The van der Waals surface area contributed by atoms with Gasteiger partial charge in [-0.3, -0.25) is 4.98 Å². The van der Waals surface area contributed by atoms with Crippen molar-refractivity contribution < 1.29 is 0 Å². The maximum absolute atomic E-state index is 6.04. The predicted octanol–water partition coefficient (Wildman–Crippen LogP) is 3.11. The van der Waals surface area contributed by atoms with E-state index in [0.29, 0.717) is 5.02 Å². The van der Waals surface area contributed by atoms with Crippen molar-refractivity contribution in [2.75, 3.05) is 0 Å². The van der Waals surface area contributed by atoms with Crippen molar-refractivity contribution in [1.29, 1.82) is 0 Å². The first-order valence-electron chi connectivity index (χ1n) is 4.31. The van der Waals surface area contributed by atoms with Crippen LogP contribution < -0.4 is 0 Å². The molecule has 0 unspecified atom stereocenters. The minimum Gasteiger partial charge on any atom is -0.261 e. The molecule has 0 N–H and O–H groups in total. The van der Waals surface area contributed by atoms with E-state index in [1.165, 1.54) is 0 Å². The van der Waals surface area contributed by atoms with Gasteiger partial charge in [0.25, 0.3) is 0 Å². The number of halogens is 1. The van der Waals surface area contributed by atoms with E-state index < -0.39 is 0 Å². The monoisotopic (exact) mass is 204 g/mol. The van der Waals surface area contributed by atoms with Crippen molar-refractivity contribution >= 4 is 11.6 Å². The lowest BCUT2D eigenvalue weighted by Crippen LogP contribution is -1.88. The Morgan fingerprint density at radius 3 is 2.64 bits per heavy atom. The molecule has 1 aromatic heterocycles. The minimum atomic E-state index is 0.701. The molecule has 0 radical (unpaired) electrons. The fourth-order valence-corrected chi connectivity index (χ4v) is 1.49. The molecule has 0 atom stereocenters. The van der Waals surface area contributed by atoms with Crippen molar-refractivity contribution in [3.05, 3.63) is 47.4 Å². The molecule has 0 spiro atoms. The van der Waals surface area contributed by atoms with Crippen LogP contribution >= 0.6 is 11.6 Å². The summed E-state index contributed by atoms with van der Waals surface area (Å²) in [5.74, 6) is 0. The summed E-state index contributed by atoms with van der Waals surface area (Å²) in [4.78, 5) is 8.44. The maximum atomic E-state index is 6.04. The average Bonchev–Trinajstić information content (AvgIpc) is 2.18. The van der Waals surface area contributed by atoms with E-state index >= 15 is 0 Å². The fraction of sp³-hybridized carbons (Fsp3) is 0.0909. The summed E-state index contributed by atoms with van der Waals surface area (Å²) in [6.07, 6.45) is 3.44. The molecule has 0 aliphatic rings. The summed E-state index contributed by atoms with van der Waals surface area (Å²) in [7, 11) is 0. The van der Waals surface area contributed by atoms with E-state index in [-0.39, 0.29) is 0 Å². The molecule has 14 heavy (non-hydrogen) atoms. The van der Waals surface area contributed by atoms with E-state index in [9.17, 15) is 0 Å². The molecule has 0 saturated carbocycles. The topological polar surface area (TPSA) is 25.8 Å². The Morgan fingerprint density at radius 1 is 1.14 bits per heavy atom. The van der Waals surface area contributed by atoms with Gasteiger partial charge in [0.15, 0.2) is 0 Å². The first kappa shape index (κ1) is 9.16. The smallest absolute Gasteiger partial charge is 0.0903 e. The fourth-order valence-electron chi connectivity index (χ4n) is 1.26. The molecule has 3 heteroatoms. The van der Waals surface area contributed by atoms with Crippen LogP contribution in [0, 0.1) is 6.92 Å². The van der Waals surface area contributed by atoms with Gasteiger partial charge in [0.2, 0.25) is 0 Å². The molecule has 1 heterocycles. The van der Waals surface area contributed by atoms with Crippen molar-refractivity contribution in [3.63, 3.8) is 0 Å². The number of hydrogen-bond donors (Lipinski definition) is 0. The third-order valence-electron chi connectivity index (χ3n) is 1.90. The third-order valence-corrected chi connectivity index (χ3v) is 2.23. The molecule has 2 nitrogen and oxygen atoms in total. The maximum Gasteiger partial charge on any atom is 0.0903 e. The van der Waals surface area contributed by atoms with Gasteiger partial charge in [0.05, 0.1) is 22.6 Å². The average molecular weight is 205 g/mol. The van der Waals surface area contributed by atoms with Crippen LogP contribution in [0.25, 0.3) is 11.3 Å². The van der Waals surface area contributed by atoms with Gasteiger partial charge in [-0.1, -0.05) is 29.8 Å². The molecule has 0 bridgehead atoms. The molecule has 0 aliphatic carbocycles. The van der Waals surface area contributed by atoms with Crippen LogP contribution in [0.1, 0.15) is 5.69 Å². The largest absolute Gasteiger partial charge is 0.261 e. The van der Waals surface area contributed by atoms with Crippen LogP contribution in [0.3, 0.4) is 0 Å². The van der Waals surface area contributed by atoms with Crippen molar-refractivity contribution in [1.82, 2.24) is 9.97 Å². The Labute approximate surface area is 87.6 Å². The van der Waals surface area contributed by atoms with E-state index in [0.717, 1.165) is 17.0 Å². The summed E-state index contributed by atoms with van der Waals surface area (Å²) in [5, 5.41) is 0.701. The number of hydrogen-bond acceptors (Lipinski definition) is 2. The quantitative estimate of drug-likeness (QED) is 0.714. The van der Waals surface area contributed by atoms with Gasteiger partial charge in [0, 0.05) is 11.8 Å². The Morgan fingerprint density at radius 2 is 1.93 bits per heavy atom. The van der Waals surface area contributed by atoms with Crippen molar-refractivity contribution in [2.24, 2.45) is 0 Å². The Kier molecular flexibility index (Phi) is 2.46. The second-order valence-corrected chi connectivity index (χ2v) is 3.43. The number of aromatic nitrogens is 2. The minimum absolute atomic E-state index is 0.701. The lowest BCUT2D eigenvalue weighted by molar-refractivity contribution is 1.12. The number of rotatable bonds is 1. The zero-order chi connectivity index (χ0) is 9.97. The van der Waals surface area contributed by atoms with Crippen molar-refractivity contribution in [3.8, 4) is 11.3 Å². The van der Waals surface area contributed by atoms with Gasteiger partial charge in [-0.25, -0.2) is 4.98 Å². The zero-order valence-electron chi connectivity index (χ0n) is 7.74. The van der Waals surface area contributed by atoms with Crippen LogP contribution in [-0.2, 0) is 0 Å². The summed E-state index contributed by atoms with van der Waals surface area (Å²) < 4.78 is 0. The van der Waals surface area contributed by atoms with Gasteiger partial charge in [0.1, 0.15) is 0 Å². The molecule has 70 valence electrons. The first-order chi connectivity index (χ1) is 6.77. The molecule has 0 saturated heterocycles. The van der Waals surface area contributed by atoms with Crippen LogP contribution in [0.15, 0.2) is 36.7 Å².